The molecule has 1 aromatic rings. The smallest absolute Gasteiger partial charge is 0.267 e. The third-order valence-electron chi connectivity index (χ3n) is 3.00. The Balaban J connectivity index is 2.04. The van der Waals surface area contributed by atoms with E-state index < -0.39 is 0 Å². The number of nitrogens with two attached hydrogens (primary N) is 1. The van der Waals surface area contributed by atoms with E-state index in [0.717, 1.165) is 24.2 Å². The molecule has 2 heterocycles. The number of carbonyl (C=O) groups is 1. The molecule has 6 heteroatoms. The lowest BCUT2D eigenvalue weighted by atomic mass is 10.3. The van der Waals surface area contributed by atoms with Gasteiger partial charge in [0, 0.05) is 6.54 Å². The van der Waals surface area contributed by atoms with Crippen molar-refractivity contribution in [2.75, 3.05) is 18.9 Å². The molecular weight excluding hydrogens is 220 g/mol. The molecule has 94 valence electrons. The minimum atomic E-state index is -0.0738. The van der Waals surface area contributed by atoms with Crippen LogP contribution < -0.4 is 5.73 Å². The van der Waals surface area contributed by atoms with Crippen molar-refractivity contribution >= 4 is 11.6 Å². The first-order chi connectivity index (χ1) is 8.09. The highest BCUT2D eigenvalue weighted by Crippen LogP contribution is 2.15. The van der Waals surface area contributed by atoms with Gasteiger partial charge in [-0.1, -0.05) is 0 Å². The zero-order valence-electron chi connectivity index (χ0n) is 10.3. The third-order valence-corrected chi connectivity index (χ3v) is 3.00. The van der Waals surface area contributed by atoms with Gasteiger partial charge in [0.05, 0.1) is 23.7 Å². The van der Waals surface area contributed by atoms with Crippen LogP contribution in [0, 0.1) is 13.8 Å². The lowest BCUT2D eigenvalue weighted by molar-refractivity contribution is -0.197. The Labute approximate surface area is 100 Å². The molecule has 0 radical (unpaired) electrons. The van der Waals surface area contributed by atoms with E-state index in [1.807, 2.05) is 13.8 Å². The normalized spacial score (nSPS) is 16.2. The lowest BCUT2D eigenvalue weighted by Crippen LogP contribution is -2.38. The summed E-state index contributed by atoms with van der Waals surface area (Å²) in [5.41, 5.74) is 8.05. The van der Waals surface area contributed by atoms with Crippen molar-refractivity contribution in [1.29, 1.82) is 0 Å². The predicted molar refractivity (Wildman–Crippen MR) is 63.0 cm³/mol. The molecule has 0 bridgehead atoms. The maximum atomic E-state index is 11.9. The summed E-state index contributed by atoms with van der Waals surface area (Å²) in [6, 6.07) is 0. The van der Waals surface area contributed by atoms with Gasteiger partial charge < -0.3 is 5.73 Å². The highest BCUT2D eigenvalue weighted by Gasteiger charge is 2.19. The first-order valence-corrected chi connectivity index (χ1v) is 5.82. The molecule has 2 rings (SSSR count). The van der Waals surface area contributed by atoms with E-state index in [1.165, 1.54) is 5.06 Å². The van der Waals surface area contributed by atoms with E-state index in [9.17, 15) is 4.79 Å². The maximum absolute atomic E-state index is 11.9. The number of hydroxylamine groups is 2. The van der Waals surface area contributed by atoms with E-state index in [2.05, 4.69) is 5.10 Å². The van der Waals surface area contributed by atoms with Gasteiger partial charge in [0.25, 0.3) is 5.91 Å². The van der Waals surface area contributed by atoms with Crippen molar-refractivity contribution in [2.45, 2.75) is 33.2 Å². The Hall–Kier alpha value is -1.56. The largest absolute Gasteiger partial charge is 0.396 e. The number of aryl methyl sites for hydroxylation is 1. The van der Waals surface area contributed by atoms with Crippen molar-refractivity contribution in [2.24, 2.45) is 0 Å². The van der Waals surface area contributed by atoms with Gasteiger partial charge in [-0.2, -0.15) is 5.10 Å². The van der Waals surface area contributed by atoms with Crippen LogP contribution in [0.1, 0.15) is 24.2 Å². The molecule has 0 atom stereocenters. The SMILES string of the molecule is Cc1nn(CC(=O)N2CCCCO2)c(C)c1N. The summed E-state index contributed by atoms with van der Waals surface area (Å²) in [5.74, 6) is -0.0738. The second kappa shape index (κ2) is 4.75. The Morgan fingerprint density at radius 3 is 2.76 bits per heavy atom. The number of rotatable bonds is 2. The lowest BCUT2D eigenvalue weighted by Gasteiger charge is -2.25. The van der Waals surface area contributed by atoms with Crippen molar-refractivity contribution in [3.63, 3.8) is 0 Å². The third kappa shape index (κ3) is 2.41. The quantitative estimate of drug-likeness (QED) is 0.820. The summed E-state index contributed by atoms with van der Waals surface area (Å²) >= 11 is 0. The fraction of sp³-hybridized carbons (Fsp3) is 0.636. The zero-order chi connectivity index (χ0) is 12.4. The van der Waals surface area contributed by atoms with Gasteiger partial charge in [-0.25, -0.2) is 5.06 Å². The first kappa shape index (κ1) is 11.9. The van der Waals surface area contributed by atoms with Gasteiger partial charge in [-0.3, -0.25) is 14.3 Å². The molecule has 1 aliphatic rings. The van der Waals surface area contributed by atoms with Crippen molar-refractivity contribution < 1.29 is 9.63 Å². The number of carbonyl (C=O) groups excluding carboxylic acids is 1. The molecule has 0 aliphatic carbocycles. The molecule has 2 N–H and O–H groups in total. The molecule has 0 unspecified atom stereocenters. The predicted octanol–water partition coefficient (Wildman–Crippen LogP) is 0.636. The summed E-state index contributed by atoms with van der Waals surface area (Å²) in [6.07, 6.45) is 2.00. The first-order valence-electron chi connectivity index (χ1n) is 5.82. The molecule has 17 heavy (non-hydrogen) atoms. The van der Waals surface area contributed by atoms with Gasteiger partial charge in [0.2, 0.25) is 0 Å². The molecule has 0 saturated carbocycles. The van der Waals surface area contributed by atoms with Crippen LogP contribution in [0.5, 0.6) is 0 Å². The summed E-state index contributed by atoms with van der Waals surface area (Å²) in [5, 5.41) is 5.66. The standard InChI is InChI=1S/C11H18N4O2/c1-8-11(12)9(2)14(13-8)7-10(16)15-5-3-4-6-17-15/h3-7,12H2,1-2H3. The van der Waals surface area contributed by atoms with Gasteiger partial charge in [0.15, 0.2) is 0 Å². The molecule has 0 aromatic carbocycles. The topological polar surface area (TPSA) is 73.4 Å². The molecule has 1 aliphatic heterocycles. The molecule has 1 fully saturated rings. The maximum Gasteiger partial charge on any atom is 0.267 e. The van der Waals surface area contributed by atoms with Crippen molar-refractivity contribution in [3.8, 4) is 0 Å². The van der Waals surface area contributed by atoms with E-state index in [-0.39, 0.29) is 12.5 Å². The average molecular weight is 238 g/mol. The number of aromatic nitrogens is 2. The summed E-state index contributed by atoms with van der Waals surface area (Å²) < 4.78 is 1.63. The van der Waals surface area contributed by atoms with E-state index in [0.29, 0.717) is 18.8 Å². The van der Waals surface area contributed by atoms with E-state index in [1.54, 1.807) is 4.68 Å². The Morgan fingerprint density at radius 2 is 2.24 bits per heavy atom. The Morgan fingerprint density at radius 1 is 1.47 bits per heavy atom. The van der Waals surface area contributed by atoms with Crippen LogP contribution in [0.3, 0.4) is 0 Å². The van der Waals surface area contributed by atoms with Crippen molar-refractivity contribution in [1.82, 2.24) is 14.8 Å². The van der Waals surface area contributed by atoms with E-state index in [4.69, 9.17) is 10.6 Å². The highest BCUT2D eigenvalue weighted by molar-refractivity contribution is 5.75. The number of nitrogens with zero attached hydrogens (tertiary/aromatic N) is 3. The van der Waals surface area contributed by atoms with Gasteiger partial charge >= 0.3 is 0 Å². The molecular formula is C11H18N4O2. The second-order valence-electron chi connectivity index (χ2n) is 4.28. The van der Waals surface area contributed by atoms with Crippen LogP contribution in [0.4, 0.5) is 5.69 Å². The Kier molecular flexibility index (Phi) is 3.33. The number of hydrogen-bond donors (Lipinski definition) is 1. The second-order valence-corrected chi connectivity index (χ2v) is 4.28. The molecule has 1 amide bonds. The number of hydrogen-bond acceptors (Lipinski definition) is 4. The molecule has 0 spiro atoms. The van der Waals surface area contributed by atoms with Crippen LogP contribution in [-0.4, -0.2) is 33.9 Å². The number of anilines is 1. The fourth-order valence-corrected chi connectivity index (χ4v) is 1.87. The average Bonchev–Trinajstić information content (AvgIpc) is 2.58. The van der Waals surface area contributed by atoms with Gasteiger partial charge in [0.1, 0.15) is 6.54 Å². The summed E-state index contributed by atoms with van der Waals surface area (Å²) in [6.45, 7) is 5.16. The summed E-state index contributed by atoms with van der Waals surface area (Å²) in [7, 11) is 0. The Bertz CT molecular complexity index is 421. The van der Waals surface area contributed by atoms with Crippen molar-refractivity contribution in [3.05, 3.63) is 11.4 Å². The number of amides is 1. The minimum Gasteiger partial charge on any atom is -0.396 e. The monoisotopic (exact) mass is 238 g/mol. The summed E-state index contributed by atoms with van der Waals surface area (Å²) in [4.78, 5) is 17.2. The van der Waals surface area contributed by atoms with Crippen LogP contribution in [-0.2, 0) is 16.2 Å². The van der Waals surface area contributed by atoms with Gasteiger partial charge in [-0.15, -0.1) is 0 Å². The van der Waals surface area contributed by atoms with Crippen LogP contribution in [0.2, 0.25) is 0 Å². The number of nitrogen functional groups attached to an aromatic ring is 1. The van der Waals surface area contributed by atoms with Crippen LogP contribution >= 0.6 is 0 Å². The fourth-order valence-electron chi connectivity index (χ4n) is 1.87. The molecule has 6 nitrogen and oxygen atoms in total. The molecule has 1 aromatic heterocycles. The highest BCUT2D eigenvalue weighted by atomic mass is 16.7. The minimum absolute atomic E-state index is 0.0738. The zero-order valence-corrected chi connectivity index (χ0v) is 10.3. The van der Waals surface area contributed by atoms with Gasteiger partial charge in [-0.05, 0) is 26.7 Å². The molecule has 1 saturated heterocycles. The van der Waals surface area contributed by atoms with E-state index >= 15 is 0 Å². The van der Waals surface area contributed by atoms with Crippen LogP contribution in [0.25, 0.3) is 0 Å². The van der Waals surface area contributed by atoms with Crippen LogP contribution in [0.15, 0.2) is 0 Å².